The van der Waals surface area contributed by atoms with E-state index in [0.29, 0.717) is 25.7 Å². The lowest BCUT2D eigenvalue weighted by Gasteiger charge is -2.21. The predicted octanol–water partition coefficient (Wildman–Crippen LogP) is 22.9. The fourth-order valence-electron chi connectivity index (χ4n) is 11.2. The highest BCUT2D eigenvalue weighted by molar-refractivity contribution is 7.47. The Hall–Kier alpha value is -2.98. The van der Waals surface area contributed by atoms with Crippen molar-refractivity contribution >= 4 is 39.5 Å². The second-order valence-corrected chi connectivity index (χ2v) is 29.9. The zero-order valence-corrected chi connectivity index (χ0v) is 64.5. The van der Waals surface area contributed by atoms with Gasteiger partial charge in [-0.15, -0.1) is 0 Å². The maximum Gasteiger partial charge on any atom is 0.472 e. The van der Waals surface area contributed by atoms with E-state index in [1.807, 2.05) is 0 Å². The number of esters is 4. The van der Waals surface area contributed by atoms with Gasteiger partial charge in [-0.3, -0.25) is 37.3 Å². The van der Waals surface area contributed by atoms with Crippen LogP contribution in [-0.4, -0.2) is 96.7 Å². The van der Waals surface area contributed by atoms with Gasteiger partial charge in [-0.2, -0.15) is 0 Å². The number of rotatable bonds is 76. The third-order valence-corrected chi connectivity index (χ3v) is 19.2. The van der Waals surface area contributed by atoms with Crippen LogP contribution in [0.2, 0.25) is 0 Å². The number of hydrogen-bond donors (Lipinski definition) is 3. The minimum Gasteiger partial charge on any atom is -0.462 e. The Morgan fingerprint density at radius 3 is 0.776 bits per heavy atom. The zero-order valence-electron chi connectivity index (χ0n) is 62.7. The number of phosphoric acid groups is 2. The summed E-state index contributed by atoms with van der Waals surface area (Å²) in [6.07, 6.45) is 69.4. The summed E-state index contributed by atoms with van der Waals surface area (Å²) in [4.78, 5) is 72.9. The van der Waals surface area contributed by atoms with Crippen LogP contribution in [0.25, 0.3) is 0 Å². The lowest BCUT2D eigenvalue weighted by Crippen LogP contribution is -2.30. The number of aliphatic hydroxyl groups is 1. The van der Waals surface area contributed by atoms with Crippen LogP contribution in [0.5, 0.6) is 0 Å². The Labute approximate surface area is 597 Å². The molecule has 17 nitrogen and oxygen atoms in total. The van der Waals surface area contributed by atoms with Crippen molar-refractivity contribution in [1.29, 1.82) is 0 Å². The van der Waals surface area contributed by atoms with E-state index >= 15 is 0 Å². The SMILES string of the molecule is CCCCC/C=C\C/C=C\CCCCCCCC(=O)OCC(COP(=O)(O)OCC(O)COP(=O)(O)OCC(COC(=O)CCCCCCCCCCCCCCCCC)OC(=O)CCCCCCCCCCCCCCC)OC(=O)CCCCCCC/C=C\C/C=C\CCCCC. The van der Waals surface area contributed by atoms with Crippen LogP contribution in [0.4, 0.5) is 0 Å². The van der Waals surface area contributed by atoms with Crippen LogP contribution in [-0.2, 0) is 65.4 Å². The standard InChI is InChI=1S/C79H146O17P2/c1-5-9-13-17-21-25-29-33-36-40-43-47-51-55-59-63-76(81)89-69-74(95-78(83)65-61-57-53-49-45-39-32-28-24-20-16-12-8-4)71-93-97(85,86)91-67-73(80)68-92-98(87,88)94-72-75(96-79(84)66-62-58-54-50-46-42-38-35-31-27-23-19-15-11-7-3)70-90-77(82)64-60-56-52-48-44-41-37-34-30-26-22-18-14-10-6-2/h22-23,26-27,34-35,37-38,73-75,80H,5-21,24-25,28-33,36,39-72H2,1-4H3,(H,85,86)(H,87,88)/b26-22-,27-23-,37-34-,38-35-. The lowest BCUT2D eigenvalue weighted by atomic mass is 10.0. The van der Waals surface area contributed by atoms with Gasteiger partial charge in [0.05, 0.1) is 26.4 Å². The average molecular weight is 1430 g/mol. The van der Waals surface area contributed by atoms with Gasteiger partial charge >= 0.3 is 39.5 Å². The first-order valence-electron chi connectivity index (χ1n) is 39.9. The highest BCUT2D eigenvalue weighted by Crippen LogP contribution is 2.45. The maximum atomic E-state index is 13.1. The van der Waals surface area contributed by atoms with Gasteiger partial charge in [0.25, 0.3) is 0 Å². The number of phosphoric ester groups is 2. The van der Waals surface area contributed by atoms with Crippen molar-refractivity contribution in [3.63, 3.8) is 0 Å². The molecule has 0 aliphatic rings. The molecule has 0 spiro atoms. The molecule has 0 aliphatic heterocycles. The Bertz CT molecular complexity index is 2050. The molecule has 0 rings (SSSR count). The van der Waals surface area contributed by atoms with Crippen LogP contribution >= 0.6 is 15.6 Å². The lowest BCUT2D eigenvalue weighted by molar-refractivity contribution is -0.161. The third-order valence-electron chi connectivity index (χ3n) is 17.3. The number of allylic oxidation sites excluding steroid dienone is 8. The van der Waals surface area contributed by atoms with Gasteiger partial charge in [0.1, 0.15) is 19.3 Å². The largest absolute Gasteiger partial charge is 0.472 e. The fourth-order valence-corrected chi connectivity index (χ4v) is 12.7. The molecule has 0 saturated carbocycles. The Morgan fingerprint density at radius 2 is 0.500 bits per heavy atom. The van der Waals surface area contributed by atoms with Gasteiger partial charge in [0.2, 0.25) is 0 Å². The second-order valence-electron chi connectivity index (χ2n) is 27.0. The average Bonchev–Trinajstić information content (AvgIpc) is 1.04. The number of unbranched alkanes of at least 4 members (excludes halogenated alkanes) is 42. The molecule has 0 amide bonds. The van der Waals surface area contributed by atoms with E-state index in [0.717, 1.165) is 135 Å². The van der Waals surface area contributed by atoms with E-state index in [4.69, 9.17) is 37.0 Å². The van der Waals surface area contributed by atoms with E-state index in [2.05, 4.69) is 76.3 Å². The Morgan fingerprint density at radius 1 is 0.286 bits per heavy atom. The van der Waals surface area contributed by atoms with Gasteiger partial charge < -0.3 is 33.8 Å². The molecule has 5 unspecified atom stereocenters. The van der Waals surface area contributed by atoms with Crippen molar-refractivity contribution < 1.29 is 80.2 Å². The number of hydrogen-bond acceptors (Lipinski definition) is 15. The van der Waals surface area contributed by atoms with E-state index in [1.165, 1.54) is 161 Å². The Kier molecular flexibility index (Phi) is 70.2. The zero-order chi connectivity index (χ0) is 71.8. The molecule has 0 aromatic heterocycles. The van der Waals surface area contributed by atoms with Gasteiger partial charge in [0, 0.05) is 25.7 Å². The first kappa shape index (κ1) is 95.0. The maximum absolute atomic E-state index is 13.1. The first-order valence-corrected chi connectivity index (χ1v) is 42.9. The summed E-state index contributed by atoms with van der Waals surface area (Å²) in [6.45, 7) is 4.87. The number of aliphatic hydroxyl groups excluding tert-OH is 1. The van der Waals surface area contributed by atoms with Crippen molar-refractivity contribution in [2.75, 3.05) is 39.6 Å². The molecule has 19 heteroatoms. The quantitative estimate of drug-likeness (QED) is 0.0169. The van der Waals surface area contributed by atoms with Crippen LogP contribution in [0.15, 0.2) is 48.6 Å². The summed E-state index contributed by atoms with van der Waals surface area (Å²) in [5, 5.41) is 10.6. The molecule has 0 radical (unpaired) electrons. The van der Waals surface area contributed by atoms with Crippen LogP contribution in [0.1, 0.15) is 374 Å². The van der Waals surface area contributed by atoms with E-state index in [1.54, 1.807) is 0 Å². The predicted molar refractivity (Wildman–Crippen MR) is 400 cm³/mol. The van der Waals surface area contributed by atoms with Gasteiger partial charge in [-0.25, -0.2) is 9.13 Å². The summed E-state index contributed by atoms with van der Waals surface area (Å²) in [5.41, 5.74) is 0. The van der Waals surface area contributed by atoms with Gasteiger partial charge in [-0.05, 0) is 89.9 Å². The molecule has 0 aromatic rings. The summed E-state index contributed by atoms with van der Waals surface area (Å²) in [5.74, 6) is -2.16. The highest BCUT2D eigenvalue weighted by Gasteiger charge is 2.30. The van der Waals surface area contributed by atoms with Gasteiger partial charge in [-0.1, -0.05) is 307 Å². The molecule has 0 aromatic carbocycles. The molecule has 0 bridgehead atoms. The van der Waals surface area contributed by atoms with Crippen molar-refractivity contribution in [3.05, 3.63) is 48.6 Å². The summed E-state index contributed by atoms with van der Waals surface area (Å²) in [7, 11) is -9.94. The highest BCUT2D eigenvalue weighted by atomic mass is 31.2. The molecule has 0 aliphatic carbocycles. The molecular formula is C79H146O17P2. The molecule has 0 saturated heterocycles. The minimum atomic E-state index is -4.97. The summed E-state index contributed by atoms with van der Waals surface area (Å²) in [6, 6.07) is 0. The molecule has 574 valence electrons. The molecule has 98 heavy (non-hydrogen) atoms. The smallest absolute Gasteiger partial charge is 0.462 e. The number of ether oxygens (including phenoxy) is 4. The van der Waals surface area contributed by atoms with E-state index in [9.17, 15) is 43.2 Å². The van der Waals surface area contributed by atoms with Crippen molar-refractivity contribution in [3.8, 4) is 0 Å². The van der Waals surface area contributed by atoms with Crippen molar-refractivity contribution in [1.82, 2.24) is 0 Å². The third kappa shape index (κ3) is 71.4. The van der Waals surface area contributed by atoms with Crippen LogP contribution in [0.3, 0.4) is 0 Å². The van der Waals surface area contributed by atoms with Crippen LogP contribution < -0.4 is 0 Å². The molecular weight excluding hydrogens is 1280 g/mol. The minimum absolute atomic E-state index is 0.0806. The summed E-state index contributed by atoms with van der Waals surface area (Å²) < 4.78 is 68.6. The molecule has 0 heterocycles. The number of carbonyl (C=O) groups is 4. The molecule has 5 atom stereocenters. The second kappa shape index (κ2) is 72.4. The van der Waals surface area contributed by atoms with E-state index < -0.39 is 97.5 Å². The van der Waals surface area contributed by atoms with Crippen molar-refractivity contribution in [2.24, 2.45) is 0 Å². The monoisotopic (exact) mass is 1430 g/mol. The first-order chi connectivity index (χ1) is 47.7. The Balaban J connectivity index is 5.32. The fraction of sp³-hybridized carbons (Fsp3) is 0.848. The molecule has 3 N–H and O–H groups in total. The van der Waals surface area contributed by atoms with Crippen molar-refractivity contribution in [2.45, 2.75) is 393 Å². The van der Waals surface area contributed by atoms with Gasteiger partial charge in [0.15, 0.2) is 12.2 Å². The van der Waals surface area contributed by atoms with Crippen LogP contribution in [0, 0.1) is 0 Å². The van der Waals surface area contributed by atoms with E-state index in [-0.39, 0.29) is 25.7 Å². The molecule has 0 fully saturated rings. The topological polar surface area (TPSA) is 237 Å². The summed E-state index contributed by atoms with van der Waals surface area (Å²) >= 11 is 0. The normalized spacial score (nSPS) is 14.2. The number of carbonyl (C=O) groups excluding carboxylic acids is 4.